The summed E-state index contributed by atoms with van der Waals surface area (Å²) in [6, 6.07) is 6.91. The van der Waals surface area contributed by atoms with E-state index in [-0.39, 0.29) is 33.8 Å². The van der Waals surface area contributed by atoms with Crippen LogP contribution in [0.1, 0.15) is 20.8 Å². The van der Waals surface area contributed by atoms with Crippen molar-refractivity contribution < 1.29 is 36.6 Å². The molecule has 0 aromatic heterocycles. The van der Waals surface area contributed by atoms with Gasteiger partial charge in [0.2, 0.25) is 0 Å². The summed E-state index contributed by atoms with van der Waals surface area (Å²) in [6.45, 7) is 7.64. The Balaban J connectivity index is 0.000000356. The minimum absolute atomic E-state index is 0. The third-order valence-electron chi connectivity index (χ3n) is 4.63. The van der Waals surface area contributed by atoms with Crippen LogP contribution in [0.25, 0.3) is 0 Å². The molecule has 2 heterocycles. The summed E-state index contributed by atoms with van der Waals surface area (Å²) < 4.78 is 66.9. The SMILES string of the molecule is CC(C)(C)OC(=O)N1CC(Oc2ccc(F)c(F)c2)C1.Fc1ccc(OC2CNC2)cc1F.[B-].[CH3-]. The van der Waals surface area contributed by atoms with Crippen molar-refractivity contribution in [2.45, 2.75) is 38.6 Å². The van der Waals surface area contributed by atoms with Crippen molar-refractivity contribution in [2.75, 3.05) is 26.2 Å². The Morgan fingerprint density at radius 2 is 1.31 bits per heavy atom. The highest BCUT2D eigenvalue weighted by Crippen LogP contribution is 2.22. The predicted molar refractivity (Wildman–Crippen MR) is 124 cm³/mol. The van der Waals surface area contributed by atoms with Crippen molar-refractivity contribution in [1.29, 1.82) is 0 Å². The molecule has 0 spiro atoms. The van der Waals surface area contributed by atoms with Crippen molar-refractivity contribution in [1.82, 2.24) is 10.2 Å². The van der Waals surface area contributed by atoms with E-state index in [1.165, 1.54) is 17.0 Å². The largest absolute Gasteiger partial charge is 1.00 e. The average Bonchev–Trinajstić information content (AvgIpc) is 2.65. The zero-order chi connectivity index (χ0) is 24.2. The lowest BCUT2D eigenvalue weighted by molar-refractivity contribution is -0.0222. The lowest BCUT2D eigenvalue weighted by Crippen LogP contribution is -2.57. The van der Waals surface area contributed by atoms with Gasteiger partial charge in [-0.15, -0.1) is 0 Å². The standard InChI is InChI=1S/C14H17F2NO3.C9H9F2NO.CH3.B/c1-14(2,3)20-13(18)17-7-10(8-17)19-9-4-5-11(15)12(16)6-9;10-8-2-1-6(3-9(8)11)13-7-4-12-5-7;;/h4-6,10H,7-8H2,1-3H3;1-3,7,12H,4-5H2;1H3;/q;;2*-1. The van der Waals surface area contributed by atoms with E-state index < -0.39 is 35.0 Å². The number of hydrogen-bond donors (Lipinski definition) is 1. The number of nitrogens with one attached hydrogen (secondary N) is 1. The van der Waals surface area contributed by atoms with Crippen LogP contribution in [-0.4, -0.2) is 63.4 Å². The molecule has 35 heavy (non-hydrogen) atoms. The van der Waals surface area contributed by atoms with E-state index >= 15 is 0 Å². The minimum atomic E-state index is -0.953. The van der Waals surface area contributed by atoms with Gasteiger partial charge in [-0.05, 0) is 45.0 Å². The lowest BCUT2D eigenvalue weighted by atomic mass is 10.1. The number of rotatable bonds is 4. The Morgan fingerprint density at radius 1 is 0.857 bits per heavy atom. The summed E-state index contributed by atoms with van der Waals surface area (Å²) >= 11 is 0. The molecule has 2 aromatic carbocycles. The first-order valence-electron chi connectivity index (χ1n) is 10.4. The molecule has 6 nitrogen and oxygen atoms in total. The van der Waals surface area contributed by atoms with Gasteiger partial charge in [-0.1, -0.05) is 0 Å². The van der Waals surface area contributed by atoms with Crippen LogP contribution in [0.4, 0.5) is 22.4 Å². The van der Waals surface area contributed by atoms with Gasteiger partial charge in [-0.3, -0.25) is 0 Å². The summed E-state index contributed by atoms with van der Waals surface area (Å²) in [5, 5.41) is 3.01. The van der Waals surface area contributed by atoms with Gasteiger partial charge >= 0.3 is 6.09 Å². The normalized spacial score (nSPS) is 15.2. The molecule has 2 aliphatic rings. The lowest BCUT2D eigenvalue weighted by Gasteiger charge is -2.39. The van der Waals surface area contributed by atoms with E-state index in [0.717, 1.165) is 37.4 Å². The fraction of sp³-hybridized carbons (Fsp3) is 0.417. The van der Waals surface area contributed by atoms with E-state index in [0.29, 0.717) is 18.8 Å². The highest BCUT2D eigenvalue weighted by molar-refractivity contribution is 5.75. The maximum atomic E-state index is 13.0. The number of nitrogens with zero attached hydrogens (tertiary/aromatic N) is 1. The Kier molecular flexibility index (Phi) is 10.9. The second-order valence-electron chi connectivity index (χ2n) is 8.68. The Labute approximate surface area is 205 Å². The molecule has 0 aliphatic carbocycles. The van der Waals surface area contributed by atoms with Crippen LogP contribution in [0.2, 0.25) is 0 Å². The van der Waals surface area contributed by atoms with E-state index in [1.54, 1.807) is 20.8 Å². The molecule has 0 saturated carbocycles. The number of amides is 1. The van der Waals surface area contributed by atoms with Crippen molar-refractivity contribution in [3.8, 4) is 11.5 Å². The number of hydrogen-bond acceptors (Lipinski definition) is 5. The van der Waals surface area contributed by atoms with Crippen LogP contribution in [0.3, 0.4) is 0 Å². The van der Waals surface area contributed by atoms with Crippen molar-refractivity contribution >= 4 is 14.5 Å². The van der Waals surface area contributed by atoms with Gasteiger partial charge < -0.3 is 40.3 Å². The molecule has 4 rings (SSSR count). The van der Waals surface area contributed by atoms with Crippen LogP contribution in [0, 0.1) is 30.7 Å². The highest BCUT2D eigenvalue weighted by Gasteiger charge is 2.35. The van der Waals surface area contributed by atoms with Gasteiger partial charge in [0.25, 0.3) is 0 Å². The van der Waals surface area contributed by atoms with Gasteiger partial charge in [0.05, 0.1) is 13.1 Å². The molecule has 11 heteroatoms. The zero-order valence-corrected chi connectivity index (χ0v) is 20.1. The number of carbonyl (C=O) groups excluding carboxylic acids is 1. The maximum absolute atomic E-state index is 13.0. The summed E-state index contributed by atoms with van der Waals surface area (Å²) in [7, 11) is 0. The van der Waals surface area contributed by atoms with Crippen LogP contribution in [0.5, 0.6) is 11.5 Å². The van der Waals surface area contributed by atoms with Crippen molar-refractivity contribution in [3.05, 3.63) is 67.1 Å². The van der Waals surface area contributed by atoms with Gasteiger partial charge in [-0.25, -0.2) is 22.4 Å². The van der Waals surface area contributed by atoms with Crippen LogP contribution >= 0.6 is 0 Å². The van der Waals surface area contributed by atoms with Gasteiger partial charge in [0.15, 0.2) is 23.3 Å². The second kappa shape index (κ2) is 12.7. The first-order chi connectivity index (χ1) is 15.5. The molecule has 0 bridgehead atoms. The smallest absolute Gasteiger partial charge is 0.410 e. The van der Waals surface area contributed by atoms with Crippen LogP contribution in [-0.2, 0) is 4.74 Å². The minimum Gasteiger partial charge on any atom is -1.00 e. The van der Waals surface area contributed by atoms with E-state index in [2.05, 4.69) is 5.32 Å². The summed E-state index contributed by atoms with van der Waals surface area (Å²) in [6.07, 6.45) is -0.542. The molecular weight excluding hydrogens is 467 g/mol. The molecule has 4 radical (unpaired) electrons. The summed E-state index contributed by atoms with van der Waals surface area (Å²) in [4.78, 5) is 13.2. The predicted octanol–water partition coefficient (Wildman–Crippen LogP) is 4.35. The van der Waals surface area contributed by atoms with Gasteiger partial charge in [0.1, 0.15) is 29.3 Å². The number of ether oxygens (including phenoxy) is 3. The number of likely N-dealkylation sites (tertiary alicyclic amines) is 1. The Hall–Kier alpha value is -2.95. The van der Waals surface area contributed by atoms with E-state index in [4.69, 9.17) is 14.2 Å². The molecular formula is C24H29BF4N2O4-2. The van der Waals surface area contributed by atoms with E-state index in [9.17, 15) is 22.4 Å². The fourth-order valence-electron chi connectivity index (χ4n) is 2.82. The maximum Gasteiger partial charge on any atom is 0.410 e. The number of halogens is 4. The third kappa shape index (κ3) is 8.97. The van der Waals surface area contributed by atoms with Gasteiger partial charge in [-0.2, -0.15) is 0 Å². The molecule has 192 valence electrons. The number of carbonyl (C=O) groups is 1. The summed E-state index contributed by atoms with van der Waals surface area (Å²) in [5.41, 5.74) is -0.539. The third-order valence-corrected chi connectivity index (χ3v) is 4.63. The molecule has 2 aromatic rings. The molecule has 0 unspecified atom stereocenters. The molecule has 1 amide bonds. The number of benzene rings is 2. The van der Waals surface area contributed by atoms with E-state index in [1.807, 2.05) is 0 Å². The zero-order valence-electron chi connectivity index (χ0n) is 20.1. The second-order valence-corrected chi connectivity index (χ2v) is 8.68. The molecule has 0 atom stereocenters. The molecule has 2 saturated heterocycles. The van der Waals surface area contributed by atoms with Crippen molar-refractivity contribution in [3.63, 3.8) is 0 Å². The summed E-state index contributed by atoms with van der Waals surface area (Å²) in [5.74, 6) is -2.96. The Morgan fingerprint density at radius 3 is 1.69 bits per heavy atom. The van der Waals surface area contributed by atoms with Gasteiger partial charge in [0, 0.05) is 25.2 Å². The average molecular weight is 496 g/mol. The molecule has 2 fully saturated rings. The first kappa shape index (κ1) is 30.1. The Bertz CT molecular complexity index is 980. The fourth-order valence-corrected chi connectivity index (χ4v) is 2.82. The van der Waals surface area contributed by atoms with Crippen LogP contribution in [0.15, 0.2) is 36.4 Å². The highest BCUT2D eigenvalue weighted by atomic mass is 19.2. The van der Waals surface area contributed by atoms with Crippen LogP contribution < -0.4 is 14.8 Å². The monoisotopic (exact) mass is 496 g/mol. The topological polar surface area (TPSA) is 60.0 Å². The molecule has 2 aliphatic heterocycles. The van der Waals surface area contributed by atoms with Crippen molar-refractivity contribution in [2.24, 2.45) is 0 Å². The molecule has 1 N–H and O–H groups in total. The quantitative estimate of drug-likeness (QED) is 0.388. The first-order valence-corrected chi connectivity index (χ1v) is 10.4.